The first kappa shape index (κ1) is 18.9. The standard InChI is InChI=1S/C19H24N4O4/c1-13-12-21(9-10-22(13)18(24)27-19(2,3)4)16-5-6-17(23(25)26)15-11-20-8-7-14(15)16/h5-8,11,13H,9-10,12H2,1-4H3/t13-/m1/s1. The van der Waals surface area contributed by atoms with Crippen molar-refractivity contribution in [2.45, 2.75) is 39.3 Å². The fourth-order valence-corrected chi connectivity index (χ4v) is 3.36. The number of rotatable bonds is 2. The van der Waals surface area contributed by atoms with Crippen LogP contribution in [0.3, 0.4) is 0 Å². The van der Waals surface area contributed by atoms with Crippen LogP contribution in [0, 0.1) is 10.1 Å². The van der Waals surface area contributed by atoms with Crippen molar-refractivity contribution >= 4 is 28.2 Å². The fourth-order valence-electron chi connectivity index (χ4n) is 3.36. The number of piperazine rings is 1. The number of ether oxygens (including phenoxy) is 1. The van der Waals surface area contributed by atoms with Gasteiger partial charge in [-0.2, -0.15) is 0 Å². The van der Waals surface area contributed by atoms with Crippen LogP contribution in [-0.2, 0) is 4.74 Å². The highest BCUT2D eigenvalue weighted by atomic mass is 16.6. The molecular formula is C19H24N4O4. The topological polar surface area (TPSA) is 88.8 Å². The lowest BCUT2D eigenvalue weighted by atomic mass is 10.1. The maximum atomic E-state index is 12.4. The van der Waals surface area contributed by atoms with Crippen molar-refractivity contribution < 1.29 is 14.5 Å². The molecule has 0 radical (unpaired) electrons. The quantitative estimate of drug-likeness (QED) is 0.591. The van der Waals surface area contributed by atoms with E-state index in [-0.39, 0.29) is 17.8 Å². The van der Waals surface area contributed by atoms with Crippen molar-refractivity contribution in [3.8, 4) is 0 Å². The molecule has 0 spiro atoms. The Hall–Kier alpha value is -2.90. The Kier molecular flexibility index (Phi) is 4.91. The summed E-state index contributed by atoms with van der Waals surface area (Å²) >= 11 is 0. The van der Waals surface area contributed by atoms with Crippen molar-refractivity contribution in [2.75, 3.05) is 24.5 Å². The minimum absolute atomic E-state index is 0.0410. The van der Waals surface area contributed by atoms with Gasteiger partial charge in [-0.3, -0.25) is 15.1 Å². The number of benzene rings is 1. The number of hydrogen-bond acceptors (Lipinski definition) is 6. The predicted molar refractivity (Wildman–Crippen MR) is 103 cm³/mol. The van der Waals surface area contributed by atoms with Crippen molar-refractivity contribution in [3.63, 3.8) is 0 Å². The van der Waals surface area contributed by atoms with Gasteiger partial charge < -0.3 is 14.5 Å². The maximum Gasteiger partial charge on any atom is 0.410 e. The number of carbonyl (C=O) groups is 1. The number of fused-ring (bicyclic) bond motifs is 1. The lowest BCUT2D eigenvalue weighted by molar-refractivity contribution is -0.383. The molecule has 1 aliphatic rings. The highest BCUT2D eigenvalue weighted by Crippen LogP contribution is 2.34. The van der Waals surface area contributed by atoms with E-state index < -0.39 is 10.5 Å². The van der Waals surface area contributed by atoms with Gasteiger partial charge >= 0.3 is 6.09 Å². The second-order valence-electron chi connectivity index (χ2n) is 7.75. The Morgan fingerprint density at radius 1 is 1.26 bits per heavy atom. The van der Waals surface area contributed by atoms with Crippen molar-refractivity contribution in [2.24, 2.45) is 0 Å². The molecule has 8 nitrogen and oxygen atoms in total. The summed E-state index contributed by atoms with van der Waals surface area (Å²) in [4.78, 5) is 31.2. The number of amides is 1. The number of hydrogen-bond donors (Lipinski definition) is 0. The Labute approximate surface area is 157 Å². The molecule has 1 atom stereocenters. The molecule has 1 fully saturated rings. The third-order valence-electron chi connectivity index (χ3n) is 4.56. The van der Waals surface area contributed by atoms with E-state index in [4.69, 9.17) is 4.74 Å². The van der Waals surface area contributed by atoms with Crippen LogP contribution in [0.15, 0.2) is 30.6 Å². The molecule has 1 amide bonds. The van der Waals surface area contributed by atoms with E-state index in [1.807, 2.05) is 27.7 Å². The number of nitro benzene ring substituents is 1. The number of non-ortho nitro benzene ring substituents is 1. The number of anilines is 1. The lowest BCUT2D eigenvalue weighted by Gasteiger charge is -2.41. The van der Waals surface area contributed by atoms with E-state index in [2.05, 4.69) is 9.88 Å². The molecule has 0 saturated carbocycles. The largest absolute Gasteiger partial charge is 0.444 e. The molecule has 1 saturated heterocycles. The molecule has 0 N–H and O–H groups in total. The first-order chi connectivity index (χ1) is 12.7. The fraction of sp³-hybridized carbons (Fsp3) is 0.474. The van der Waals surface area contributed by atoms with Crippen LogP contribution in [0.4, 0.5) is 16.2 Å². The number of nitro groups is 1. The monoisotopic (exact) mass is 372 g/mol. The van der Waals surface area contributed by atoms with Crippen molar-refractivity contribution in [3.05, 3.63) is 40.7 Å². The third kappa shape index (κ3) is 3.94. The predicted octanol–water partition coefficient (Wildman–Crippen LogP) is 3.59. The van der Waals surface area contributed by atoms with Gasteiger partial charge in [-0.05, 0) is 39.8 Å². The van der Waals surface area contributed by atoms with Crippen LogP contribution < -0.4 is 4.90 Å². The van der Waals surface area contributed by atoms with Crippen LogP contribution in [-0.4, -0.2) is 52.2 Å². The van der Waals surface area contributed by atoms with E-state index in [0.717, 1.165) is 11.1 Å². The zero-order valence-electron chi connectivity index (χ0n) is 16.0. The van der Waals surface area contributed by atoms with Gasteiger partial charge in [0.2, 0.25) is 0 Å². The van der Waals surface area contributed by atoms with Gasteiger partial charge in [0, 0.05) is 55.2 Å². The molecule has 144 valence electrons. The van der Waals surface area contributed by atoms with E-state index >= 15 is 0 Å². The van der Waals surface area contributed by atoms with Crippen LogP contribution >= 0.6 is 0 Å². The highest BCUT2D eigenvalue weighted by Gasteiger charge is 2.31. The van der Waals surface area contributed by atoms with Gasteiger partial charge in [0.05, 0.1) is 10.3 Å². The van der Waals surface area contributed by atoms with E-state index in [9.17, 15) is 14.9 Å². The van der Waals surface area contributed by atoms with Crippen molar-refractivity contribution in [1.82, 2.24) is 9.88 Å². The Morgan fingerprint density at radius 2 is 2.00 bits per heavy atom. The normalized spacial score (nSPS) is 17.9. The Balaban J connectivity index is 1.85. The van der Waals surface area contributed by atoms with E-state index in [1.165, 1.54) is 12.3 Å². The molecule has 3 rings (SSSR count). The summed E-state index contributed by atoms with van der Waals surface area (Å²) in [5, 5.41) is 12.6. The molecule has 1 aromatic carbocycles. The van der Waals surface area contributed by atoms with Gasteiger partial charge in [-0.1, -0.05) is 0 Å². The van der Waals surface area contributed by atoms with Gasteiger partial charge in [0.25, 0.3) is 5.69 Å². The summed E-state index contributed by atoms with van der Waals surface area (Å²) in [5.41, 5.74) is 0.422. The average Bonchev–Trinajstić information content (AvgIpc) is 2.58. The van der Waals surface area contributed by atoms with Crippen LogP contribution in [0.1, 0.15) is 27.7 Å². The SMILES string of the molecule is C[C@@H]1CN(c2ccc([N+](=O)[O-])c3cnccc23)CCN1C(=O)OC(C)(C)C. The smallest absolute Gasteiger partial charge is 0.410 e. The summed E-state index contributed by atoms with van der Waals surface area (Å²) < 4.78 is 5.49. The summed E-state index contributed by atoms with van der Waals surface area (Å²) in [5.74, 6) is 0. The molecular weight excluding hydrogens is 348 g/mol. The molecule has 2 heterocycles. The summed E-state index contributed by atoms with van der Waals surface area (Å²) in [7, 11) is 0. The molecule has 0 bridgehead atoms. The molecule has 0 unspecified atom stereocenters. The zero-order chi connectivity index (χ0) is 19.8. The number of aromatic nitrogens is 1. The second-order valence-corrected chi connectivity index (χ2v) is 7.75. The average molecular weight is 372 g/mol. The minimum atomic E-state index is -0.532. The first-order valence-corrected chi connectivity index (χ1v) is 8.93. The zero-order valence-corrected chi connectivity index (χ0v) is 16.0. The number of nitrogens with zero attached hydrogens (tertiary/aromatic N) is 4. The van der Waals surface area contributed by atoms with Gasteiger partial charge in [0.15, 0.2) is 0 Å². The van der Waals surface area contributed by atoms with Crippen LogP contribution in [0.25, 0.3) is 10.8 Å². The molecule has 8 heteroatoms. The maximum absolute atomic E-state index is 12.4. The van der Waals surface area contributed by atoms with E-state index in [0.29, 0.717) is 25.0 Å². The van der Waals surface area contributed by atoms with Crippen LogP contribution in [0.2, 0.25) is 0 Å². The first-order valence-electron chi connectivity index (χ1n) is 8.93. The van der Waals surface area contributed by atoms with Crippen molar-refractivity contribution in [1.29, 1.82) is 0 Å². The highest BCUT2D eigenvalue weighted by molar-refractivity contribution is 5.99. The third-order valence-corrected chi connectivity index (χ3v) is 4.56. The molecule has 1 aromatic heterocycles. The Morgan fingerprint density at radius 3 is 2.63 bits per heavy atom. The molecule has 2 aromatic rings. The minimum Gasteiger partial charge on any atom is -0.444 e. The molecule has 1 aliphatic heterocycles. The number of pyridine rings is 1. The number of carbonyl (C=O) groups excluding carboxylic acids is 1. The van der Waals surface area contributed by atoms with E-state index in [1.54, 1.807) is 23.2 Å². The molecule has 0 aliphatic carbocycles. The van der Waals surface area contributed by atoms with Gasteiger partial charge in [0.1, 0.15) is 5.60 Å². The van der Waals surface area contributed by atoms with Gasteiger partial charge in [-0.25, -0.2) is 4.79 Å². The summed E-state index contributed by atoms with van der Waals surface area (Å²) in [6.07, 6.45) is 2.85. The summed E-state index contributed by atoms with van der Waals surface area (Å²) in [6.45, 7) is 9.30. The van der Waals surface area contributed by atoms with Gasteiger partial charge in [-0.15, -0.1) is 0 Å². The second kappa shape index (κ2) is 7.02. The van der Waals surface area contributed by atoms with Crippen LogP contribution in [0.5, 0.6) is 0 Å². The molecule has 27 heavy (non-hydrogen) atoms. The Bertz CT molecular complexity index is 878. The summed E-state index contributed by atoms with van der Waals surface area (Å²) in [6, 6.07) is 5.05. The lowest BCUT2D eigenvalue weighted by Crippen LogP contribution is -2.55.